The van der Waals surface area contributed by atoms with Crippen LogP contribution in [0.2, 0.25) is 0 Å². The Hall–Kier alpha value is -3.41. The van der Waals surface area contributed by atoms with E-state index >= 15 is 0 Å². The van der Waals surface area contributed by atoms with Gasteiger partial charge < -0.3 is 10.3 Å². The third kappa shape index (κ3) is 3.74. The summed E-state index contributed by atoms with van der Waals surface area (Å²) in [5, 5.41) is 7.97. The smallest absolute Gasteiger partial charge is 0.273 e. The predicted molar refractivity (Wildman–Crippen MR) is 106 cm³/mol. The molecule has 6 heteroatoms. The van der Waals surface area contributed by atoms with Gasteiger partial charge in [-0.3, -0.25) is 9.59 Å². The number of rotatable bonds is 5. The van der Waals surface area contributed by atoms with E-state index in [-0.39, 0.29) is 17.7 Å². The lowest BCUT2D eigenvalue weighted by atomic mass is 10.1. The topological polar surface area (TPSA) is 86.3 Å². The fraction of sp³-hybridized carbons (Fsp3) is 0.190. The van der Waals surface area contributed by atoms with Gasteiger partial charge in [0.25, 0.3) is 5.91 Å². The Bertz CT molecular complexity index is 1030. The molecule has 2 aromatic carbocycles. The van der Waals surface area contributed by atoms with E-state index in [0.29, 0.717) is 11.3 Å². The molecule has 27 heavy (non-hydrogen) atoms. The Morgan fingerprint density at radius 1 is 1.07 bits per heavy atom. The molecule has 136 valence electrons. The van der Waals surface area contributed by atoms with Gasteiger partial charge in [0.05, 0.1) is 11.3 Å². The summed E-state index contributed by atoms with van der Waals surface area (Å²) in [4.78, 5) is 27.3. The van der Waals surface area contributed by atoms with E-state index in [4.69, 9.17) is 0 Å². The van der Waals surface area contributed by atoms with Crippen molar-refractivity contribution in [2.24, 2.45) is 11.0 Å². The molecule has 2 amide bonds. The van der Waals surface area contributed by atoms with Crippen LogP contribution in [0.3, 0.4) is 0 Å². The van der Waals surface area contributed by atoms with Gasteiger partial charge >= 0.3 is 0 Å². The van der Waals surface area contributed by atoms with Crippen LogP contribution in [0, 0.1) is 5.92 Å². The summed E-state index contributed by atoms with van der Waals surface area (Å²) < 4.78 is 0. The van der Waals surface area contributed by atoms with Crippen molar-refractivity contribution in [3.05, 3.63) is 65.9 Å². The van der Waals surface area contributed by atoms with Gasteiger partial charge in [-0.15, -0.1) is 0 Å². The maximum Gasteiger partial charge on any atom is 0.273 e. The van der Waals surface area contributed by atoms with Crippen molar-refractivity contribution >= 4 is 34.1 Å². The Balaban J connectivity index is 1.42. The van der Waals surface area contributed by atoms with Crippen LogP contribution in [0.5, 0.6) is 0 Å². The molecule has 3 aromatic rings. The third-order valence-electron chi connectivity index (χ3n) is 4.68. The predicted octanol–water partition coefficient (Wildman–Crippen LogP) is 3.67. The average Bonchev–Trinajstić information content (AvgIpc) is 3.46. The number of para-hydroxylation sites is 1. The number of carbonyl (C=O) groups excluding carboxylic acids is 2. The Morgan fingerprint density at radius 2 is 1.81 bits per heavy atom. The van der Waals surface area contributed by atoms with E-state index in [1.165, 1.54) is 0 Å². The summed E-state index contributed by atoms with van der Waals surface area (Å²) in [6.07, 6.45) is 3.64. The zero-order valence-corrected chi connectivity index (χ0v) is 15.0. The number of amides is 2. The Morgan fingerprint density at radius 3 is 2.56 bits per heavy atom. The summed E-state index contributed by atoms with van der Waals surface area (Å²) in [7, 11) is 0. The van der Waals surface area contributed by atoms with Crippen molar-refractivity contribution in [2.75, 3.05) is 5.32 Å². The zero-order chi connectivity index (χ0) is 18.8. The first kappa shape index (κ1) is 17.0. The van der Waals surface area contributed by atoms with E-state index in [1.54, 1.807) is 6.20 Å². The van der Waals surface area contributed by atoms with Gasteiger partial charge in [-0.1, -0.05) is 30.3 Å². The van der Waals surface area contributed by atoms with Gasteiger partial charge in [-0.05, 0) is 43.5 Å². The molecule has 1 fully saturated rings. The molecule has 1 aliphatic rings. The van der Waals surface area contributed by atoms with Crippen molar-refractivity contribution in [3.63, 3.8) is 0 Å². The first-order chi connectivity index (χ1) is 13.1. The number of fused-ring (bicyclic) bond motifs is 1. The van der Waals surface area contributed by atoms with Gasteiger partial charge in [0.15, 0.2) is 0 Å². The summed E-state index contributed by atoms with van der Waals surface area (Å²) in [5.41, 5.74) is 6.40. The van der Waals surface area contributed by atoms with Gasteiger partial charge in [0.2, 0.25) is 5.91 Å². The lowest BCUT2D eigenvalue weighted by Crippen LogP contribution is -2.19. The molecule has 0 unspecified atom stereocenters. The number of hydrogen-bond acceptors (Lipinski definition) is 3. The van der Waals surface area contributed by atoms with Crippen molar-refractivity contribution in [2.45, 2.75) is 19.8 Å². The van der Waals surface area contributed by atoms with E-state index in [0.717, 1.165) is 35.0 Å². The second-order valence-corrected chi connectivity index (χ2v) is 6.73. The zero-order valence-electron chi connectivity index (χ0n) is 15.0. The molecular weight excluding hydrogens is 340 g/mol. The van der Waals surface area contributed by atoms with Crippen LogP contribution in [0.15, 0.2) is 59.8 Å². The second-order valence-electron chi connectivity index (χ2n) is 6.73. The number of aromatic amines is 1. The third-order valence-corrected chi connectivity index (χ3v) is 4.68. The number of benzene rings is 2. The van der Waals surface area contributed by atoms with Crippen LogP contribution in [0.4, 0.5) is 5.69 Å². The molecule has 0 saturated heterocycles. The van der Waals surface area contributed by atoms with Crippen molar-refractivity contribution in [1.82, 2.24) is 10.4 Å². The minimum absolute atomic E-state index is 0.0825. The van der Waals surface area contributed by atoms with Crippen LogP contribution in [-0.4, -0.2) is 22.5 Å². The summed E-state index contributed by atoms with van der Waals surface area (Å²) in [6.45, 7) is 1.83. The quantitative estimate of drug-likeness (QED) is 0.479. The largest absolute Gasteiger partial charge is 0.360 e. The molecule has 3 N–H and O–H groups in total. The average molecular weight is 360 g/mol. The number of hydrazone groups is 1. The minimum Gasteiger partial charge on any atom is -0.360 e. The van der Waals surface area contributed by atoms with Crippen LogP contribution in [0.1, 0.15) is 35.7 Å². The Kier molecular flexibility index (Phi) is 4.46. The molecule has 1 aliphatic carbocycles. The van der Waals surface area contributed by atoms with Crippen molar-refractivity contribution < 1.29 is 9.59 Å². The van der Waals surface area contributed by atoms with Crippen LogP contribution < -0.4 is 10.7 Å². The molecule has 0 atom stereocenters. The number of hydrogen-bond donors (Lipinski definition) is 3. The maximum atomic E-state index is 12.4. The monoisotopic (exact) mass is 360 g/mol. The lowest BCUT2D eigenvalue weighted by Gasteiger charge is -2.06. The van der Waals surface area contributed by atoms with Gasteiger partial charge in [0.1, 0.15) is 0 Å². The molecule has 1 saturated carbocycles. The fourth-order valence-corrected chi connectivity index (χ4v) is 2.90. The Labute approximate surface area is 156 Å². The highest BCUT2D eigenvalue weighted by atomic mass is 16.2. The number of aromatic nitrogens is 1. The summed E-state index contributed by atoms with van der Waals surface area (Å²) in [6, 6.07) is 15.1. The van der Waals surface area contributed by atoms with E-state index in [2.05, 4.69) is 20.8 Å². The molecule has 0 aliphatic heterocycles. The van der Waals surface area contributed by atoms with E-state index < -0.39 is 0 Å². The van der Waals surface area contributed by atoms with Crippen molar-refractivity contribution in [3.8, 4) is 0 Å². The van der Waals surface area contributed by atoms with Gasteiger partial charge in [-0.25, -0.2) is 5.43 Å². The standard InChI is InChI=1S/C21H20N4O2/c1-13(14-8-10-16(11-9-14)23-20(26)15-6-7-15)24-25-21(27)18-12-22-19-5-3-2-4-17(18)19/h2-5,8-12,15,22H,6-7H2,1H3,(H,23,26)(H,25,27)/b24-13-. The molecule has 0 spiro atoms. The number of nitrogens with one attached hydrogen (secondary N) is 3. The molecule has 6 nitrogen and oxygen atoms in total. The first-order valence-corrected chi connectivity index (χ1v) is 8.94. The number of nitrogens with zero attached hydrogens (tertiary/aromatic N) is 1. The van der Waals surface area contributed by atoms with E-state index in [9.17, 15) is 9.59 Å². The van der Waals surface area contributed by atoms with Crippen LogP contribution in [0.25, 0.3) is 10.9 Å². The SMILES string of the molecule is C/C(=N/NC(=O)c1c[nH]c2ccccc12)c1ccc(NC(=O)C2CC2)cc1. The molecule has 4 rings (SSSR count). The highest BCUT2D eigenvalue weighted by molar-refractivity contribution is 6.07. The maximum absolute atomic E-state index is 12.4. The fourth-order valence-electron chi connectivity index (χ4n) is 2.90. The molecule has 0 radical (unpaired) electrons. The van der Waals surface area contributed by atoms with Gasteiger partial charge in [0, 0.05) is 28.7 Å². The van der Waals surface area contributed by atoms with Crippen LogP contribution >= 0.6 is 0 Å². The summed E-state index contributed by atoms with van der Waals surface area (Å²) in [5.74, 6) is -0.00746. The normalized spacial score (nSPS) is 14.2. The van der Waals surface area contributed by atoms with Crippen molar-refractivity contribution in [1.29, 1.82) is 0 Å². The highest BCUT2D eigenvalue weighted by Crippen LogP contribution is 2.30. The number of anilines is 1. The lowest BCUT2D eigenvalue weighted by molar-refractivity contribution is -0.117. The summed E-state index contributed by atoms with van der Waals surface area (Å²) >= 11 is 0. The minimum atomic E-state index is -0.264. The first-order valence-electron chi connectivity index (χ1n) is 8.94. The number of H-pyrrole nitrogens is 1. The molecule has 1 heterocycles. The molecule has 1 aromatic heterocycles. The van der Waals surface area contributed by atoms with Gasteiger partial charge in [-0.2, -0.15) is 5.10 Å². The van der Waals surface area contributed by atoms with E-state index in [1.807, 2.05) is 55.5 Å². The van der Waals surface area contributed by atoms with Crippen LogP contribution in [-0.2, 0) is 4.79 Å². The molecule has 0 bridgehead atoms. The number of carbonyl (C=O) groups is 2. The molecular formula is C21H20N4O2. The highest BCUT2D eigenvalue weighted by Gasteiger charge is 2.29. The second kappa shape index (κ2) is 7.07.